The van der Waals surface area contributed by atoms with Gasteiger partial charge in [0.1, 0.15) is 0 Å². The lowest BCUT2D eigenvalue weighted by Gasteiger charge is -2.38. The molecule has 2 aromatic carbocycles. The van der Waals surface area contributed by atoms with Crippen molar-refractivity contribution in [2.45, 2.75) is 64.8 Å². The zero-order chi connectivity index (χ0) is 17.2. The molecule has 132 valence electrons. The Balaban J connectivity index is 1.75. The summed E-state index contributed by atoms with van der Waals surface area (Å²) >= 11 is 0. The first-order chi connectivity index (χ1) is 12.2. The summed E-state index contributed by atoms with van der Waals surface area (Å²) in [4.78, 5) is 2.69. The summed E-state index contributed by atoms with van der Waals surface area (Å²) < 4.78 is 0. The Kier molecular flexibility index (Phi) is 4.83. The van der Waals surface area contributed by atoms with Gasteiger partial charge in [-0.05, 0) is 62.3 Å². The van der Waals surface area contributed by atoms with Crippen molar-refractivity contribution in [3.8, 4) is 0 Å². The van der Waals surface area contributed by atoms with Crippen LogP contribution in [-0.4, -0.2) is 6.04 Å². The monoisotopic (exact) mass is 333 g/mol. The Morgan fingerprint density at radius 2 is 1.56 bits per heavy atom. The molecule has 2 unspecified atom stereocenters. The van der Waals surface area contributed by atoms with Crippen molar-refractivity contribution in [1.29, 1.82) is 0 Å². The lowest BCUT2D eigenvalue weighted by atomic mass is 9.85. The van der Waals surface area contributed by atoms with Gasteiger partial charge < -0.3 is 4.90 Å². The third kappa shape index (κ3) is 3.34. The van der Waals surface area contributed by atoms with Gasteiger partial charge >= 0.3 is 0 Å². The molecule has 0 saturated heterocycles. The van der Waals surface area contributed by atoms with Crippen molar-refractivity contribution >= 4 is 11.4 Å². The summed E-state index contributed by atoms with van der Waals surface area (Å²) in [6, 6.07) is 18.7. The Hall–Kier alpha value is -1.76. The molecule has 1 heteroatoms. The summed E-state index contributed by atoms with van der Waals surface area (Å²) in [7, 11) is 0. The minimum absolute atomic E-state index is 0.659. The number of rotatable bonds is 4. The van der Waals surface area contributed by atoms with Crippen LogP contribution in [0.2, 0.25) is 0 Å². The van der Waals surface area contributed by atoms with Gasteiger partial charge in [0.15, 0.2) is 0 Å². The highest BCUT2D eigenvalue weighted by Gasteiger charge is 2.39. The second-order valence-corrected chi connectivity index (χ2v) is 8.20. The van der Waals surface area contributed by atoms with Gasteiger partial charge in [-0.15, -0.1) is 0 Å². The molecule has 1 nitrogen and oxygen atoms in total. The van der Waals surface area contributed by atoms with Crippen molar-refractivity contribution in [2.75, 3.05) is 4.90 Å². The normalized spacial score (nSPS) is 23.9. The Bertz CT molecular complexity index is 699. The highest BCUT2D eigenvalue weighted by molar-refractivity contribution is 5.68. The van der Waals surface area contributed by atoms with Crippen LogP contribution in [0.5, 0.6) is 0 Å². The van der Waals surface area contributed by atoms with Crippen molar-refractivity contribution in [2.24, 2.45) is 11.8 Å². The van der Waals surface area contributed by atoms with Crippen LogP contribution in [0.3, 0.4) is 0 Å². The van der Waals surface area contributed by atoms with Gasteiger partial charge in [-0.2, -0.15) is 0 Å². The molecule has 2 aliphatic carbocycles. The van der Waals surface area contributed by atoms with E-state index >= 15 is 0 Å². The van der Waals surface area contributed by atoms with E-state index in [4.69, 9.17) is 0 Å². The third-order valence-corrected chi connectivity index (χ3v) is 6.51. The van der Waals surface area contributed by atoms with E-state index in [0.29, 0.717) is 6.04 Å². The fourth-order valence-corrected chi connectivity index (χ4v) is 5.40. The van der Waals surface area contributed by atoms with Gasteiger partial charge in [0, 0.05) is 17.4 Å². The smallest absolute Gasteiger partial charge is 0.0443 e. The summed E-state index contributed by atoms with van der Waals surface area (Å²) in [5.74, 6) is 1.81. The van der Waals surface area contributed by atoms with E-state index in [-0.39, 0.29) is 0 Å². The van der Waals surface area contributed by atoms with E-state index in [1.54, 1.807) is 0 Å². The van der Waals surface area contributed by atoms with Gasteiger partial charge in [0.25, 0.3) is 0 Å². The molecule has 4 rings (SSSR count). The predicted molar refractivity (Wildman–Crippen MR) is 108 cm³/mol. The first-order valence-electron chi connectivity index (χ1n) is 10.2. The van der Waals surface area contributed by atoms with E-state index in [9.17, 15) is 0 Å². The summed E-state index contributed by atoms with van der Waals surface area (Å²) in [6.45, 7) is 4.47. The van der Waals surface area contributed by atoms with Crippen LogP contribution in [0.15, 0.2) is 48.5 Å². The van der Waals surface area contributed by atoms with Crippen LogP contribution in [0, 0.1) is 25.7 Å². The van der Waals surface area contributed by atoms with Gasteiger partial charge in [-0.1, -0.05) is 68.0 Å². The predicted octanol–water partition coefficient (Wildman–Crippen LogP) is 6.80. The number of hydrogen-bond donors (Lipinski definition) is 0. The molecule has 0 aliphatic heterocycles. The maximum Gasteiger partial charge on any atom is 0.0443 e. The molecule has 2 aromatic rings. The Labute approximate surface area is 153 Å². The van der Waals surface area contributed by atoms with Gasteiger partial charge in [-0.3, -0.25) is 0 Å². The first kappa shape index (κ1) is 16.7. The summed E-state index contributed by atoms with van der Waals surface area (Å²) in [5.41, 5.74) is 5.53. The quantitative estimate of drug-likeness (QED) is 0.594. The van der Waals surface area contributed by atoms with Gasteiger partial charge in [0.05, 0.1) is 0 Å². The zero-order valence-corrected chi connectivity index (χ0v) is 15.7. The third-order valence-electron chi connectivity index (χ3n) is 6.51. The lowest BCUT2D eigenvalue weighted by Crippen LogP contribution is -2.37. The molecule has 2 saturated carbocycles. The molecule has 0 heterocycles. The maximum absolute atomic E-state index is 2.69. The van der Waals surface area contributed by atoms with Crippen LogP contribution in [0.25, 0.3) is 0 Å². The molecule has 0 N–H and O–H groups in total. The average molecular weight is 334 g/mol. The fraction of sp³-hybridized carbons (Fsp3) is 0.500. The SMILES string of the molecule is Cc1ccc(N(c2ccccc2)C2CCCC2C2CCCC2)c(C)c1. The minimum Gasteiger partial charge on any atom is -0.338 e. The van der Waals surface area contributed by atoms with Gasteiger partial charge in [0.2, 0.25) is 0 Å². The molecule has 2 fully saturated rings. The fourth-order valence-electron chi connectivity index (χ4n) is 5.40. The van der Waals surface area contributed by atoms with Crippen LogP contribution in [-0.2, 0) is 0 Å². The highest BCUT2D eigenvalue weighted by atomic mass is 15.2. The zero-order valence-electron chi connectivity index (χ0n) is 15.7. The maximum atomic E-state index is 2.69. The van der Waals surface area contributed by atoms with Crippen LogP contribution < -0.4 is 4.90 Å². The highest BCUT2D eigenvalue weighted by Crippen LogP contribution is 2.46. The standard InChI is InChI=1S/C24H31N/c1-18-15-16-23(19(2)17-18)25(21-11-4-3-5-12-21)24-14-8-13-22(24)20-9-6-7-10-20/h3-5,11-12,15-17,20,22,24H,6-10,13-14H2,1-2H3. The average Bonchev–Trinajstić information content (AvgIpc) is 3.29. The van der Waals surface area contributed by atoms with E-state index in [0.717, 1.165) is 11.8 Å². The van der Waals surface area contributed by atoms with Crippen LogP contribution >= 0.6 is 0 Å². The van der Waals surface area contributed by atoms with E-state index in [1.165, 1.54) is 67.4 Å². The van der Waals surface area contributed by atoms with Gasteiger partial charge in [-0.25, -0.2) is 0 Å². The second-order valence-electron chi connectivity index (χ2n) is 8.20. The largest absolute Gasteiger partial charge is 0.338 e. The number of anilines is 2. The van der Waals surface area contributed by atoms with E-state index in [1.807, 2.05) is 0 Å². The van der Waals surface area contributed by atoms with E-state index in [2.05, 4.69) is 67.3 Å². The minimum atomic E-state index is 0.659. The Morgan fingerprint density at radius 3 is 2.28 bits per heavy atom. The number of aryl methyl sites for hydroxylation is 2. The van der Waals surface area contributed by atoms with E-state index < -0.39 is 0 Å². The molecule has 25 heavy (non-hydrogen) atoms. The lowest BCUT2D eigenvalue weighted by molar-refractivity contribution is 0.314. The van der Waals surface area contributed by atoms with Crippen molar-refractivity contribution in [1.82, 2.24) is 0 Å². The molecule has 0 bridgehead atoms. The first-order valence-corrected chi connectivity index (χ1v) is 10.2. The van der Waals surface area contributed by atoms with Crippen molar-refractivity contribution in [3.05, 3.63) is 59.7 Å². The molecule has 0 aromatic heterocycles. The molecular weight excluding hydrogens is 302 g/mol. The number of nitrogens with zero attached hydrogens (tertiary/aromatic N) is 1. The number of para-hydroxylation sites is 1. The summed E-state index contributed by atoms with van der Waals surface area (Å²) in [6.07, 6.45) is 9.95. The van der Waals surface area contributed by atoms with Crippen LogP contribution in [0.4, 0.5) is 11.4 Å². The number of hydrogen-bond acceptors (Lipinski definition) is 1. The second kappa shape index (κ2) is 7.23. The van der Waals surface area contributed by atoms with Crippen molar-refractivity contribution in [3.63, 3.8) is 0 Å². The molecule has 0 amide bonds. The van der Waals surface area contributed by atoms with Crippen molar-refractivity contribution < 1.29 is 0 Å². The molecule has 0 radical (unpaired) electrons. The Morgan fingerprint density at radius 1 is 0.800 bits per heavy atom. The molecular formula is C24H31N. The molecule has 2 atom stereocenters. The van der Waals surface area contributed by atoms with Crippen LogP contribution in [0.1, 0.15) is 56.1 Å². The molecule has 2 aliphatic rings. The summed E-state index contributed by atoms with van der Waals surface area (Å²) in [5, 5.41) is 0. The topological polar surface area (TPSA) is 3.24 Å². The molecule has 0 spiro atoms. The number of benzene rings is 2.